The zero-order chi connectivity index (χ0) is 31.7. The van der Waals surface area contributed by atoms with Gasteiger partial charge in [-0.2, -0.15) is 0 Å². The van der Waals surface area contributed by atoms with Crippen LogP contribution in [0.2, 0.25) is 0 Å². The maximum atomic E-state index is 14.1. The Hall–Kier alpha value is -5.90. The molecule has 0 bridgehead atoms. The number of aromatic carboxylic acids is 1. The second-order valence-corrected chi connectivity index (χ2v) is 10.4. The molecule has 0 radical (unpaired) electrons. The van der Waals surface area contributed by atoms with Crippen LogP contribution in [-0.2, 0) is 13.1 Å². The highest BCUT2D eigenvalue weighted by Gasteiger charge is 2.21. The van der Waals surface area contributed by atoms with Crippen molar-refractivity contribution in [3.05, 3.63) is 153 Å². The SMILES string of the molecule is O=C(O)c1ccc(CNC(=O)c2cc(-c3cc(F)cc(F)c3)cc3oc(=O)n(Cc4ccc(-c5ccc(F)cc5)cc4)c23)cc1. The number of rotatable bonds is 8. The molecule has 6 aromatic rings. The number of oxazole rings is 1. The highest BCUT2D eigenvalue weighted by molar-refractivity contribution is 6.06. The van der Waals surface area contributed by atoms with E-state index in [-0.39, 0.29) is 52.3 Å². The van der Waals surface area contributed by atoms with Crippen molar-refractivity contribution in [1.29, 1.82) is 0 Å². The van der Waals surface area contributed by atoms with E-state index in [0.29, 0.717) is 11.1 Å². The summed E-state index contributed by atoms with van der Waals surface area (Å²) < 4.78 is 48.4. The van der Waals surface area contributed by atoms with Gasteiger partial charge in [-0.25, -0.2) is 22.8 Å². The van der Waals surface area contributed by atoms with Gasteiger partial charge in [0, 0.05) is 12.6 Å². The molecule has 0 aliphatic heterocycles. The Morgan fingerprint density at radius 3 is 1.89 bits per heavy atom. The highest BCUT2D eigenvalue weighted by Crippen LogP contribution is 2.30. The molecule has 1 heterocycles. The fourth-order valence-corrected chi connectivity index (χ4v) is 5.08. The molecule has 0 unspecified atom stereocenters. The third-order valence-corrected chi connectivity index (χ3v) is 7.33. The van der Waals surface area contributed by atoms with Gasteiger partial charge in [0.25, 0.3) is 5.91 Å². The molecule has 0 atom stereocenters. The van der Waals surface area contributed by atoms with Gasteiger partial charge in [0.2, 0.25) is 0 Å². The number of amides is 1. The predicted octanol–water partition coefficient (Wildman–Crippen LogP) is 7.02. The molecule has 0 saturated heterocycles. The van der Waals surface area contributed by atoms with Crippen LogP contribution in [0.3, 0.4) is 0 Å². The van der Waals surface area contributed by atoms with Gasteiger partial charge >= 0.3 is 11.7 Å². The van der Waals surface area contributed by atoms with Crippen LogP contribution in [0, 0.1) is 17.5 Å². The molecule has 45 heavy (non-hydrogen) atoms. The van der Waals surface area contributed by atoms with Gasteiger partial charge < -0.3 is 14.8 Å². The topological polar surface area (TPSA) is 102 Å². The fourth-order valence-electron chi connectivity index (χ4n) is 5.08. The van der Waals surface area contributed by atoms with Crippen molar-refractivity contribution in [2.75, 3.05) is 0 Å². The van der Waals surface area contributed by atoms with Gasteiger partial charge in [0.15, 0.2) is 5.58 Å². The van der Waals surface area contributed by atoms with Crippen molar-refractivity contribution in [2.24, 2.45) is 0 Å². The number of nitrogens with zero attached hydrogens (tertiary/aromatic N) is 1. The number of nitrogens with one attached hydrogen (secondary N) is 1. The summed E-state index contributed by atoms with van der Waals surface area (Å²) in [6.07, 6.45) is 0. The summed E-state index contributed by atoms with van der Waals surface area (Å²) in [5.74, 6) is -4.39. The van der Waals surface area contributed by atoms with Crippen LogP contribution in [0.5, 0.6) is 0 Å². The summed E-state index contributed by atoms with van der Waals surface area (Å²) >= 11 is 0. The summed E-state index contributed by atoms with van der Waals surface area (Å²) in [5.41, 5.74) is 3.73. The average Bonchev–Trinajstić information content (AvgIpc) is 3.34. The van der Waals surface area contributed by atoms with Crippen LogP contribution >= 0.6 is 0 Å². The van der Waals surface area contributed by atoms with E-state index in [1.54, 1.807) is 36.4 Å². The number of carboxylic acids is 1. The number of carbonyl (C=O) groups is 2. The molecule has 6 rings (SSSR count). The highest BCUT2D eigenvalue weighted by atomic mass is 19.1. The smallest absolute Gasteiger partial charge is 0.420 e. The third-order valence-electron chi connectivity index (χ3n) is 7.33. The quantitative estimate of drug-likeness (QED) is 0.193. The zero-order valence-corrected chi connectivity index (χ0v) is 23.4. The van der Waals surface area contributed by atoms with Crippen LogP contribution in [0.15, 0.2) is 112 Å². The molecule has 0 aliphatic carbocycles. The van der Waals surface area contributed by atoms with Crippen LogP contribution < -0.4 is 11.1 Å². The van der Waals surface area contributed by atoms with Crippen molar-refractivity contribution in [2.45, 2.75) is 13.1 Å². The first-order chi connectivity index (χ1) is 21.6. The molecule has 1 aromatic heterocycles. The Morgan fingerprint density at radius 2 is 1.27 bits per heavy atom. The minimum atomic E-state index is -1.08. The molecule has 10 heteroatoms. The summed E-state index contributed by atoms with van der Waals surface area (Å²) in [6, 6.07) is 25.1. The second kappa shape index (κ2) is 12.0. The number of carboxylic acid groups (broad SMARTS) is 1. The number of hydrogen-bond donors (Lipinski definition) is 2. The maximum Gasteiger partial charge on any atom is 0.420 e. The van der Waals surface area contributed by atoms with Crippen molar-refractivity contribution in [1.82, 2.24) is 9.88 Å². The van der Waals surface area contributed by atoms with E-state index < -0.39 is 29.3 Å². The van der Waals surface area contributed by atoms with Crippen LogP contribution in [-0.4, -0.2) is 21.6 Å². The fraction of sp³-hybridized carbons (Fsp3) is 0.0571. The average molecular weight is 609 g/mol. The molecule has 0 saturated carbocycles. The number of benzene rings is 5. The molecule has 5 aromatic carbocycles. The molecule has 0 spiro atoms. The van der Waals surface area contributed by atoms with Crippen molar-refractivity contribution in [3.8, 4) is 22.3 Å². The van der Waals surface area contributed by atoms with E-state index >= 15 is 0 Å². The van der Waals surface area contributed by atoms with Crippen LogP contribution in [0.1, 0.15) is 31.8 Å². The number of hydrogen-bond acceptors (Lipinski definition) is 4. The lowest BCUT2D eigenvalue weighted by Gasteiger charge is -2.12. The van der Waals surface area contributed by atoms with Crippen LogP contribution in [0.25, 0.3) is 33.4 Å². The van der Waals surface area contributed by atoms with Gasteiger partial charge in [0.1, 0.15) is 23.0 Å². The normalized spacial score (nSPS) is 11.1. The van der Waals surface area contributed by atoms with Gasteiger partial charge in [-0.3, -0.25) is 9.36 Å². The molecular weight excluding hydrogens is 585 g/mol. The van der Waals surface area contributed by atoms with E-state index in [2.05, 4.69) is 5.32 Å². The largest absolute Gasteiger partial charge is 0.478 e. The maximum absolute atomic E-state index is 14.1. The summed E-state index contributed by atoms with van der Waals surface area (Å²) in [5, 5.41) is 11.9. The first-order valence-corrected chi connectivity index (χ1v) is 13.7. The Balaban J connectivity index is 1.38. The second-order valence-electron chi connectivity index (χ2n) is 10.4. The lowest BCUT2D eigenvalue weighted by atomic mass is 10.0. The minimum absolute atomic E-state index is 0.0307. The molecule has 0 fully saturated rings. The van der Waals surface area contributed by atoms with Crippen molar-refractivity contribution >= 4 is 23.0 Å². The number of aromatic nitrogens is 1. The Kier molecular flexibility index (Phi) is 7.78. The molecule has 1 amide bonds. The number of halogens is 3. The molecule has 224 valence electrons. The summed E-state index contributed by atoms with van der Waals surface area (Å²) in [7, 11) is 0. The Labute approximate surface area is 253 Å². The Morgan fingerprint density at radius 1 is 0.689 bits per heavy atom. The molecule has 0 aliphatic rings. The third kappa shape index (κ3) is 6.25. The van der Waals surface area contributed by atoms with E-state index in [9.17, 15) is 27.6 Å². The molecule has 2 N–H and O–H groups in total. The molecule has 7 nitrogen and oxygen atoms in total. The first-order valence-electron chi connectivity index (χ1n) is 13.7. The lowest BCUT2D eigenvalue weighted by Crippen LogP contribution is -2.24. The Bertz CT molecular complexity index is 2100. The van der Waals surface area contributed by atoms with Gasteiger partial charge in [-0.15, -0.1) is 0 Å². The minimum Gasteiger partial charge on any atom is -0.478 e. The van der Waals surface area contributed by atoms with E-state index in [1.165, 1.54) is 41.0 Å². The lowest BCUT2D eigenvalue weighted by molar-refractivity contribution is 0.0696. The summed E-state index contributed by atoms with van der Waals surface area (Å²) in [6.45, 7) is 0.0758. The van der Waals surface area contributed by atoms with Crippen molar-refractivity contribution in [3.63, 3.8) is 0 Å². The zero-order valence-electron chi connectivity index (χ0n) is 23.4. The standard InChI is InChI=1S/C35H23F3N2O5/c36-27-11-9-23(10-12-27)22-5-3-21(4-6-22)19-40-32-30(33(41)39-18-20-1-7-24(8-2-20)34(42)43)15-26(16-31(32)45-35(40)44)25-13-28(37)17-29(38)14-25/h1-17H,18-19H2,(H,39,41)(H,42,43). The number of carbonyl (C=O) groups excluding carboxylic acids is 1. The summed E-state index contributed by atoms with van der Waals surface area (Å²) in [4.78, 5) is 37.9. The van der Waals surface area contributed by atoms with Gasteiger partial charge in [-0.1, -0.05) is 48.5 Å². The number of fused-ring (bicyclic) bond motifs is 1. The van der Waals surface area contributed by atoms with E-state index in [1.807, 2.05) is 12.1 Å². The van der Waals surface area contributed by atoms with Crippen molar-refractivity contribution < 1.29 is 32.3 Å². The van der Waals surface area contributed by atoms with E-state index in [0.717, 1.165) is 29.3 Å². The predicted molar refractivity (Wildman–Crippen MR) is 161 cm³/mol. The van der Waals surface area contributed by atoms with E-state index in [4.69, 9.17) is 9.52 Å². The monoisotopic (exact) mass is 608 g/mol. The van der Waals surface area contributed by atoms with Gasteiger partial charge in [-0.05, 0) is 81.9 Å². The first kappa shape index (κ1) is 29.2. The molecular formula is C35H23F3N2O5. The van der Waals surface area contributed by atoms with Crippen LogP contribution in [0.4, 0.5) is 13.2 Å². The van der Waals surface area contributed by atoms with Gasteiger partial charge in [0.05, 0.1) is 17.7 Å².